The van der Waals surface area contributed by atoms with Gasteiger partial charge in [-0.25, -0.2) is 0 Å². The molecule has 0 aliphatic rings. The largest absolute Gasteiger partial charge is 0.508 e. The molecule has 0 bridgehead atoms. The van der Waals surface area contributed by atoms with E-state index in [0.29, 0.717) is 11.7 Å². The lowest BCUT2D eigenvalue weighted by Gasteiger charge is -2.24. The Hall–Kier alpha value is -2.06. The van der Waals surface area contributed by atoms with Crippen LogP contribution in [-0.2, 0) is 6.42 Å². The van der Waals surface area contributed by atoms with Crippen LogP contribution in [0.1, 0.15) is 18.1 Å². The highest BCUT2D eigenvalue weighted by molar-refractivity contribution is 5.68. The van der Waals surface area contributed by atoms with E-state index < -0.39 is 0 Å². The van der Waals surface area contributed by atoms with Gasteiger partial charge in [-0.1, -0.05) is 48.5 Å². The lowest BCUT2D eigenvalue weighted by atomic mass is 9.86. The van der Waals surface area contributed by atoms with E-state index in [1.165, 1.54) is 11.1 Å². The number of hydrogen-bond donors (Lipinski definition) is 1. The number of hydrogen-bond acceptors (Lipinski definition) is 2. The zero-order valence-electron chi connectivity index (χ0n) is 13.7. The topological polar surface area (TPSA) is 23.5 Å². The summed E-state index contributed by atoms with van der Waals surface area (Å²) in [6, 6.07) is 18.1. The highest BCUT2D eigenvalue weighted by Gasteiger charge is 2.17. The van der Waals surface area contributed by atoms with Crippen LogP contribution in [0.25, 0.3) is 5.57 Å². The molecule has 1 atom stereocenters. The highest BCUT2D eigenvalue weighted by Crippen LogP contribution is 2.29. The van der Waals surface area contributed by atoms with Crippen molar-refractivity contribution in [2.24, 2.45) is 5.92 Å². The van der Waals surface area contributed by atoms with E-state index in [0.717, 1.165) is 18.5 Å². The SMILES string of the molecule is C/C=C(/c1cccc(O)c1)C(Cc1ccccc1)CN(C)C. The summed E-state index contributed by atoms with van der Waals surface area (Å²) in [5.41, 5.74) is 3.73. The van der Waals surface area contributed by atoms with E-state index in [1.54, 1.807) is 6.07 Å². The molecule has 0 saturated carbocycles. The summed E-state index contributed by atoms with van der Waals surface area (Å²) in [5.74, 6) is 0.712. The van der Waals surface area contributed by atoms with Crippen molar-refractivity contribution in [1.82, 2.24) is 4.90 Å². The molecule has 1 unspecified atom stereocenters. The second-order valence-electron chi connectivity index (χ2n) is 5.94. The predicted molar refractivity (Wildman–Crippen MR) is 93.9 cm³/mol. The first-order valence-electron chi connectivity index (χ1n) is 7.74. The third-order valence-electron chi connectivity index (χ3n) is 3.84. The summed E-state index contributed by atoms with van der Waals surface area (Å²) >= 11 is 0. The lowest BCUT2D eigenvalue weighted by Crippen LogP contribution is -2.24. The molecule has 0 fully saturated rings. The number of benzene rings is 2. The van der Waals surface area contributed by atoms with Crippen molar-refractivity contribution in [1.29, 1.82) is 0 Å². The number of aromatic hydroxyl groups is 1. The molecule has 2 heteroatoms. The van der Waals surface area contributed by atoms with Gasteiger partial charge in [0.05, 0.1) is 0 Å². The molecular weight excluding hydrogens is 270 g/mol. The predicted octanol–water partition coefficient (Wildman–Crippen LogP) is 4.22. The normalized spacial score (nSPS) is 13.4. The monoisotopic (exact) mass is 295 g/mol. The van der Waals surface area contributed by atoms with Gasteiger partial charge in [0.15, 0.2) is 0 Å². The Morgan fingerprint density at radius 1 is 1.09 bits per heavy atom. The molecule has 2 aromatic rings. The van der Waals surface area contributed by atoms with Crippen molar-refractivity contribution in [3.8, 4) is 5.75 Å². The minimum Gasteiger partial charge on any atom is -0.508 e. The smallest absolute Gasteiger partial charge is 0.116 e. The van der Waals surface area contributed by atoms with E-state index in [1.807, 2.05) is 12.1 Å². The van der Waals surface area contributed by atoms with Crippen molar-refractivity contribution in [3.63, 3.8) is 0 Å². The molecule has 0 radical (unpaired) electrons. The molecule has 0 aliphatic carbocycles. The molecule has 1 N–H and O–H groups in total. The first-order chi connectivity index (χ1) is 10.6. The van der Waals surface area contributed by atoms with Crippen LogP contribution in [0.2, 0.25) is 0 Å². The van der Waals surface area contributed by atoms with Gasteiger partial charge in [0, 0.05) is 12.5 Å². The molecule has 0 aromatic heterocycles. The van der Waals surface area contributed by atoms with E-state index >= 15 is 0 Å². The number of phenols is 1. The molecule has 2 aromatic carbocycles. The van der Waals surface area contributed by atoms with Gasteiger partial charge in [0.1, 0.15) is 5.75 Å². The van der Waals surface area contributed by atoms with Crippen LogP contribution >= 0.6 is 0 Å². The van der Waals surface area contributed by atoms with E-state index in [9.17, 15) is 5.11 Å². The third kappa shape index (κ3) is 4.47. The van der Waals surface area contributed by atoms with Gasteiger partial charge in [-0.15, -0.1) is 0 Å². The fourth-order valence-electron chi connectivity index (χ4n) is 2.94. The van der Waals surface area contributed by atoms with Crippen LogP contribution in [0.3, 0.4) is 0 Å². The zero-order chi connectivity index (χ0) is 15.9. The third-order valence-corrected chi connectivity index (χ3v) is 3.84. The molecule has 22 heavy (non-hydrogen) atoms. The average molecular weight is 295 g/mol. The second-order valence-corrected chi connectivity index (χ2v) is 5.94. The van der Waals surface area contributed by atoms with Gasteiger partial charge >= 0.3 is 0 Å². The number of allylic oxidation sites excluding steroid dienone is 1. The molecule has 2 nitrogen and oxygen atoms in total. The van der Waals surface area contributed by atoms with Crippen molar-refractivity contribution in [3.05, 3.63) is 71.8 Å². The molecule has 2 rings (SSSR count). The lowest BCUT2D eigenvalue weighted by molar-refractivity contribution is 0.363. The maximum atomic E-state index is 9.77. The van der Waals surface area contributed by atoms with Gasteiger partial charge in [-0.2, -0.15) is 0 Å². The maximum absolute atomic E-state index is 9.77. The maximum Gasteiger partial charge on any atom is 0.116 e. The molecule has 0 heterocycles. The van der Waals surface area contributed by atoms with E-state index in [4.69, 9.17) is 0 Å². The molecule has 0 amide bonds. The number of phenolic OH excluding ortho intramolecular Hbond substituents is 1. The standard InChI is InChI=1S/C20H25NO/c1-4-20(17-11-8-12-19(22)14-17)18(15-21(2)3)13-16-9-6-5-7-10-16/h4-12,14,18,22H,13,15H2,1-3H3/b20-4-. The van der Waals surface area contributed by atoms with Crippen molar-refractivity contribution in [2.45, 2.75) is 13.3 Å². The summed E-state index contributed by atoms with van der Waals surface area (Å²) in [5, 5.41) is 9.77. The molecule has 0 saturated heterocycles. The molecule has 0 spiro atoms. The number of rotatable bonds is 6. The van der Waals surface area contributed by atoms with Crippen LogP contribution in [0.5, 0.6) is 5.75 Å². The van der Waals surface area contributed by atoms with Crippen LogP contribution in [0.4, 0.5) is 0 Å². The Kier molecular flexibility index (Phi) is 5.79. The Morgan fingerprint density at radius 3 is 2.41 bits per heavy atom. The summed E-state index contributed by atoms with van der Waals surface area (Å²) in [6.45, 7) is 3.05. The number of nitrogens with zero attached hydrogens (tertiary/aromatic N) is 1. The Bertz CT molecular complexity index is 617. The fourth-order valence-corrected chi connectivity index (χ4v) is 2.94. The molecule has 0 aliphatic heterocycles. The second kappa shape index (κ2) is 7.81. The van der Waals surface area contributed by atoms with Crippen LogP contribution < -0.4 is 0 Å². The summed E-state index contributed by atoms with van der Waals surface area (Å²) in [6.07, 6.45) is 3.17. The van der Waals surface area contributed by atoms with Crippen LogP contribution in [0, 0.1) is 5.92 Å². The van der Waals surface area contributed by atoms with Crippen LogP contribution in [0.15, 0.2) is 60.7 Å². The van der Waals surface area contributed by atoms with Gasteiger partial charge < -0.3 is 10.0 Å². The first-order valence-corrected chi connectivity index (χ1v) is 7.74. The van der Waals surface area contributed by atoms with Crippen LogP contribution in [-0.4, -0.2) is 30.6 Å². The van der Waals surface area contributed by atoms with E-state index in [-0.39, 0.29) is 0 Å². The Morgan fingerprint density at radius 2 is 1.82 bits per heavy atom. The van der Waals surface area contributed by atoms with Gasteiger partial charge in [0.25, 0.3) is 0 Å². The zero-order valence-corrected chi connectivity index (χ0v) is 13.7. The fraction of sp³-hybridized carbons (Fsp3) is 0.300. The van der Waals surface area contributed by atoms with Crippen molar-refractivity contribution in [2.75, 3.05) is 20.6 Å². The van der Waals surface area contributed by atoms with Gasteiger partial charge in [0.2, 0.25) is 0 Å². The molecular formula is C20H25NO. The van der Waals surface area contributed by atoms with Gasteiger partial charge in [-0.3, -0.25) is 0 Å². The molecule has 116 valence electrons. The highest BCUT2D eigenvalue weighted by atomic mass is 16.3. The minimum atomic E-state index is 0.320. The quantitative estimate of drug-likeness (QED) is 0.862. The summed E-state index contributed by atoms with van der Waals surface area (Å²) in [7, 11) is 4.21. The minimum absolute atomic E-state index is 0.320. The Balaban J connectivity index is 2.30. The van der Waals surface area contributed by atoms with E-state index in [2.05, 4.69) is 68.4 Å². The summed E-state index contributed by atoms with van der Waals surface area (Å²) in [4.78, 5) is 2.22. The summed E-state index contributed by atoms with van der Waals surface area (Å²) < 4.78 is 0. The van der Waals surface area contributed by atoms with Crippen molar-refractivity contribution < 1.29 is 5.11 Å². The average Bonchev–Trinajstić information content (AvgIpc) is 2.48. The Labute approximate surface area is 133 Å². The van der Waals surface area contributed by atoms with Gasteiger partial charge in [-0.05, 0) is 56.3 Å². The first kappa shape index (κ1) is 16.3. The van der Waals surface area contributed by atoms with Crippen molar-refractivity contribution >= 4 is 5.57 Å².